The highest BCUT2D eigenvalue weighted by molar-refractivity contribution is 7.45. The third-order valence-electron chi connectivity index (χ3n) is 13.6. The van der Waals surface area contributed by atoms with Crippen LogP contribution in [0.4, 0.5) is 4.79 Å². The molecule has 0 heterocycles. The molecule has 12 heteroatoms. The summed E-state index contributed by atoms with van der Waals surface area (Å²) in [6, 6.07) is 0. The number of phosphoric acid groups is 1. The summed E-state index contributed by atoms with van der Waals surface area (Å²) in [6.07, 6.45) is 16.7. The molecule has 1 N–H and O–H groups in total. The maximum absolute atomic E-state index is 12.7. The number of alkyl carbamates (subject to hydrolysis) is 1. The number of hydrogen-bond donors (Lipinski definition) is 1. The molecule has 4 rings (SSSR count). The van der Waals surface area contributed by atoms with Crippen molar-refractivity contribution >= 4 is 13.9 Å². The van der Waals surface area contributed by atoms with E-state index < -0.39 is 13.9 Å². The minimum Gasteiger partial charge on any atom is -0.756 e. The van der Waals surface area contributed by atoms with E-state index >= 15 is 0 Å². The molecule has 314 valence electrons. The Balaban J connectivity index is 1.03. The Hall–Kier alpha value is -1.04. The van der Waals surface area contributed by atoms with Crippen LogP contribution in [0, 0.1) is 46.3 Å². The van der Waals surface area contributed by atoms with Gasteiger partial charge in [0.15, 0.2) is 0 Å². The molecule has 6 unspecified atom stereocenters. The number of fused-ring (bicyclic) bond motifs is 5. The van der Waals surface area contributed by atoms with Crippen molar-refractivity contribution in [2.45, 2.75) is 137 Å². The molecule has 0 aliphatic heterocycles. The van der Waals surface area contributed by atoms with E-state index in [2.05, 4.69) is 50.5 Å². The topological polar surface area (TPSA) is 134 Å². The first kappa shape index (κ1) is 45.7. The van der Waals surface area contributed by atoms with E-state index in [0.717, 1.165) is 61.9 Å². The lowest BCUT2D eigenvalue weighted by molar-refractivity contribution is -0.228. The Bertz CT molecular complexity index is 1200. The summed E-state index contributed by atoms with van der Waals surface area (Å²) >= 11 is 0. The van der Waals surface area contributed by atoms with Crippen LogP contribution < -0.4 is 10.2 Å². The number of phosphoric ester groups is 1. The van der Waals surface area contributed by atoms with Crippen molar-refractivity contribution < 1.29 is 47.0 Å². The smallest absolute Gasteiger partial charge is 0.407 e. The number of rotatable bonds is 25. The first-order chi connectivity index (χ1) is 25.8. The monoisotopic (exact) mass is 785 g/mol. The zero-order valence-corrected chi connectivity index (χ0v) is 35.7. The third-order valence-corrected chi connectivity index (χ3v) is 14.6. The fraction of sp³-hybridized carbons (Fsp3) is 0.929. The number of ether oxygens (including phenoxy) is 5. The van der Waals surface area contributed by atoms with Gasteiger partial charge in [-0.3, -0.25) is 4.57 Å². The average molecular weight is 785 g/mol. The van der Waals surface area contributed by atoms with Crippen LogP contribution in [0.15, 0.2) is 11.6 Å². The van der Waals surface area contributed by atoms with Crippen LogP contribution >= 0.6 is 7.82 Å². The molecular formula is C42H75NO10P-. The zero-order valence-electron chi connectivity index (χ0n) is 34.8. The SMILES string of the molecule is CCC(COCCOCCOCCOCCCNC(=O)O[C@H]1CC[C@@]2(C)C(=CCC3C4CCC([C@H](C)CCCC(C)C)[C@@]4(C)CCC32)C1)OP(=O)([O-])OC. The van der Waals surface area contributed by atoms with Crippen LogP contribution in [-0.4, -0.2) is 84.8 Å². The second-order valence-corrected chi connectivity index (χ2v) is 19.0. The number of nitrogens with one attached hydrogen (secondary N) is 1. The first-order valence-corrected chi connectivity index (χ1v) is 22.8. The Morgan fingerprint density at radius 1 is 0.907 bits per heavy atom. The van der Waals surface area contributed by atoms with Gasteiger partial charge in [-0.15, -0.1) is 0 Å². The van der Waals surface area contributed by atoms with Crippen LogP contribution in [0.5, 0.6) is 0 Å². The van der Waals surface area contributed by atoms with Crippen LogP contribution in [0.25, 0.3) is 0 Å². The van der Waals surface area contributed by atoms with Gasteiger partial charge in [0, 0.05) is 26.7 Å². The molecule has 1 amide bonds. The number of allylic oxidation sites excluding steroid dienone is 1. The summed E-state index contributed by atoms with van der Waals surface area (Å²) in [7, 11) is -3.21. The normalized spacial score (nSPS) is 31.5. The second-order valence-electron chi connectivity index (χ2n) is 17.5. The Labute approximate surface area is 327 Å². The lowest BCUT2D eigenvalue weighted by Crippen LogP contribution is -2.51. The van der Waals surface area contributed by atoms with Gasteiger partial charge in [-0.2, -0.15) is 0 Å². The van der Waals surface area contributed by atoms with Crippen molar-refractivity contribution in [2.24, 2.45) is 46.3 Å². The molecule has 0 radical (unpaired) electrons. The molecule has 11 nitrogen and oxygen atoms in total. The molecule has 0 aromatic rings. The lowest BCUT2D eigenvalue weighted by atomic mass is 9.47. The maximum atomic E-state index is 12.7. The summed E-state index contributed by atoms with van der Waals surface area (Å²) < 4.78 is 48.6. The van der Waals surface area contributed by atoms with E-state index in [-0.39, 0.29) is 24.2 Å². The number of carbonyl (C=O) groups is 1. The second kappa shape index (κ2) is 22.2. The minimum absolute atomic E-state index is 0.0438. The molecule has 0 aromatic carbocycles. The van der Waals surface area contributed by atoms with Crippen molar-refractivity contribution in [1.29, 1.82) is 0 Å². The lowest BCUT2D eigenvalue weighted by Gasteiger charge is -2.58. The predicted octanol–water partition coefficient (Wildman–Crippen LogP) is 8.49. The van der Waals surface area contributed by atoms with E-state index in [1.165, 1.54) is 51.4 Å². The number of amides is 1. The Morgan fingerprint density at radius 3 is 2.26 bits per heavy atom. The van der Waals surface area contributed by atoms with Crippen molar-refractivity contribution in [3.8, 4) is 0 Å². The van der Waals surface area contributed by atoms with E-state index in [1.54, 1.807) is 5.57 Å². The van der Waals surface area contributed by atoms with Crippen LogP contribution in [0.2, 0.25) is 0 Å². The van der Waals surface area contributed by atoms with E-state index in [1.807, 2.05) is 6.92 Å². The van der Waals surface area contributed by atoms with Gasteiger partial charge < -0.3 is 42.9 Å². The minimum atomic E-state index is -4.27. The molecular weight excluding hydrogens is 709 g/mol. The van der Waals surface area contributed by atoms with Gasteiger partial charge in [0.2, 0.25) is 0 Å². The summed E-state index contributed by atoms with van der Waals surface area (Å²) in [4.78, 5) is 24.1. The average Bonchev–Trinajstić information content (AvgIpc) is 3.50. The molecule has 0 spiro atoms. The van der Waals surface area contributed by atoms with E-state index in [0.29, 0.717) is 71.0 Å². The molecule has 0 saturated heterocycles. The molecule has 10 atom stereocenters. The van der Waals surface area contributed by atoms with Crippen molar-refractivity contribution in [2.75, 3.05) is 66.5 Å². The van der Waals surface area contributed by atoms with Gasteiger partial charge in [0.05, 0.1) is 52.4 Å². The molecule has 3 saturated carbocycles. The van der Waals surface area contributed by atoms with Gasteiger partial charge in [-0.1, -0.05) is 72.5 Å². The van der Waals surface area contributed by atoms with Gasteiger partial charge in [-0.25, -0.2) is 4.79 Å². The molecule has 3 fully saturated rings. The Kier molecular flexibility index (Phi) is 18.8. The highest BCUT2D eigenvalue weighted by Gasteiger charge is 2.59. The fourth-order valence-corrected chi connectivity index (χ4v) is 11.3. The Morgan fingerprint density at radius 2 is 1.59 bits per heavy atom. The van der Waals surface area contributed by atoms with Crippen LogP contribution in [-0.2, 0) is 37.3 Å². The standard InChI is InChI=1S/C42H76NO10P/c1-8-34(53-54(45,46)47-7)30-51-28-27-50-26-25-49-24-23-48-22-10-21-43-40(44)52-35-17-19-41(5)33(29-35)13-14-36-38-16-15-37(32(4)12-9-11-31(2)3)42(38,6)20-18-39(36)41/h13,31-32,34-39H,8-12,14-30H2,1-7H3,(H,43,44)(H,45,46)/p-1/t32-,34?,35+,36?,37?,38?,39?,41+,42-/m1/s1. The van der Waals surface area contributed by atoms with E-state index in [4.69, 9.17) is 28.2 Å². The molecule has 4 aliphatic carbocycles. The van der Waals surface area contributed by atoms with Gasteiger partial charge in [0.1, 0.15) is 6.10 Å². The largest absolute Gasteiger partial charge is 0.756 e. The van der Waals surface area contributed by atoms with Crippen LogP contribution in [0.1, 0.15) is 125 Å². The third kappa shape index (κ3) is 13.0. The predicted molar refractivity (Wildman–Crippen MR) is 209 cm³/mol. The van der Waals surface area contributed by atoms with E-state index in [9.17, 15) is 14.3 Å². The summed E-state index contributed by atoms with van der Waals surface area (Å²) in [5, 5.41) is 2.92. The summed E-state index contributed by atoms with van der Waals surface area (Å²) in [6.45, 7) is 17.9. The molecule has 54 heavy (non-hydrogen) atoms. The molecule has 4 aliphatic rings. The van der Waals surface area contributed by atoms with Gasteiger partial charge >= 0.3 is 6.09 Å². The summed E-state index contributed by atoms with van der Waals surface area (Å²) in [5.41, 5.74) is 2.31. The highest BCUT2D eigenvalue weighted by Crippen LogP contribution is 2.67. The zero-order chi connectivity index (χ0) is 39.2. The van der Waals surface area contributed by atoms with Crippen molar-refractivity contribution in [3.63, 3.8) is 0 Å². The summed E-state index contributed by atoms with van der Waals surface area (Å²) in [5.74, 6) is 4.97. The van der Waals surface area contributed by atoms with Crippen LogP contribution in [0.3, 0.4) is 0 Å². The molecule has 0 aromatic heterocycles. The van der Waals surface area contributed by atoms with Gasteiger partial charge in [0.25, 0.3) is 7.82 Å². The quantitative estimate of drug-likeness (QED) is 0.0546. The number of carbonyl (C=O) groups excluding carboxylic acids is 1. The van der Waals surface area contributed by atoms with Crippen molar-refractivity contribution in [1.82, 2.24) is 5.32 Å². The molecule has 0 bridgehead atoms. The van der Waals surface area contributed by atoms with Crippen molar-refractivity contribution in [3.05, 3.63) is 11.6 Å². The van der Waals surface area contributed by atoms with Gasteiger partial charge in [-0.05, 0) is 104 Å². The highest BCUT2D eigenvalue weighted by atomic mass is 31.2. The first-order valence-electron chi connectivity index (χ1n) is 21.3. The fourth-order valence-electron chi connectivity index (χ4n) is 10.6. The number of hydrogen-bond acceptors (Lipinski definition) is 10. The maximum Gasteiger partial charge on any atom is 0.407 e.